The minimum atomic E-state index is -0.771. The Kier molecular flexibility index (Phi) is 4.77. The van der Waals surface area contributed by atoms with E-state index in [4.69, 9.17) is 17.3 Å². The van der Waals surface area contributed by atoms with E-state index < -0.39 is 5.54 Å². The normalized spacial score (nSPS) is 14.5. The number of nitrogens with two attached hydrogens (primary N) is 1. The van der Waals surface area contributed by atoms with Gasteiger partial charge in [0.25, 0.3) is 0 Å². The Morgan fingerprint density at radius 3 is 2.81 bits per heavy atom. The molecule has 1 aromatic rings. The van der Waals surface area contributed by atoms with Gasteiger partial charge in [0, 0.05) is 11.4 Å². The fourth-order valence-electron chi connectivity index (χ4n) is 1.15. The van der Waals surface area contributed by atoms with Gasteiger partial charge in [0.15, 0.2) is 0 Å². The Labute approximate surface area is 105 Å². The smallest absolute Gasteiger partial charge is 0.239 e. The van der Waals surface area contributed by atoms with E-state index >= 15 is 0 Å². The molecule has 1 aromatic heterocycles. The molecule has 5 heteroatoms. The zero-order valence-corrected chi connectivity index (χ0v) is 11.1. The SMILES string of the molecule is CCC(C)(N)C(=O)NCCc1ccc(Cl)s1. The van der Waals surface area contributed by atoms with Gasteiger partial charge in [-0.05, 0) is 31.9 Å². The highest BCUT2D eigenvalue weighted by atomic mass is 35.5. The molecule has 3 N–H and O–H groups in total. The molecule has 1 heterocycles. The van der Waals surface area contributed by atoms with Gasteiger partial charge in [-0.15, -0.1) is 11.3 Å². The quantitative estimate of drug-likeness (QED) is 0.853. The first-order valence-corrected chi connectivity index (χ1v) is 6.46. The highest BCUT2D eigenvalue weighted by molar-refractivity contribution is 7.16. The molecule has 0 aliphatic rings. The van der Waals surface area contributed by atoms with E-state index in [9.17, 15) is 4.79 Å². The van der Waals surface area contributed by atoms with E-state index in [1.54, 1.807) is 6.92 Å². The van der Waals surface area contributed by atoms with E-state index in [0.29, 0.717) is 13.0 Å². The lowest BCUT2D eigenvalue weighted by molar-refractivity contribution is -0.125. The van der Waals surface area contributed by atoms with Crippen molar-refractivity contribution in [1.82, 2.24) is 5.32 Å². The van der Waals surface area contributed by atoms with E-state index in [2.05, 4.69) is 5.32 Å². The van der Waals surface area contributed by atoms with E-state index in [1.807, 2.05) is 19.1 Å². The second-order valence-corrected chi connectivity index (χ2v) is 5.78. The van der Waals surface area contributed by atoms with Crippen LogP contribution in [0.25, 0.3) is 0 Å². The lowest BCUT2D eigenvalue weighted by Gasteiger charge is -2.21. The number of nitrogens with one attached hydrogen (secondary N) is 1. The van der Waals surface area contributed by atoms with Crippen LogP contribution in [0.15, 0.2) is 12.1 Å². The Bertz CT molecular complexity index is 363. The van der Waals surface area contributed by atoms with Crippen molar-refractivity contribution in [2.75, 3.05) is 6.54 Å². The molecule has 3 nitrogen and oxygen atoms in total. The summed E-state index contributed by atoms with van der Waals surface area (Å²) in [4.78, 5) is 12.8. The monoisotopic (exact) mass is 260 g/mol. The average molecular weight is 261 g/mol. The first-order valence-electron chi connectivity index (χ1n) is 5.27. The number of thiophene rings is 1. The molecule has 1 atom stereocenters. The number of halogens is 1. The Morgan fingerprint density at radius 1 is 1.62 bits per heavy atom. The lowest BCUT2D eigenvalue weighted by Crippen LogP contribution is -2.51. The van der Waals surface area contributed by atoms with Crippen molar-refractivity contribution < 1.29 is 4.79 Å². The van der Waals surface area contributed by atoms with Crippen molar-refractivity contribution in [3.8, 4) is 0 Å². The molecule has 0 aromatic carbocycles. The highest BCUT2D eigenvalue weighted by Crippen LogP contribution is 2.21. The van der Waals surface area contributed by atoms with Crippen molar-refractivity contribution in [3.63, 3.8) is 0 Å². The van der Waals surface area contributed by atoms with Crippen molar-refractivity contribution in [2.24, 2.45) is 5.73 Å². The molecule has 1 unspecified atom stereocenters. The van der Waals surface area contributed by atoms with Crippen molar-refractivity contribution in [2.45, 2.75) is 32.2 Å². The molecule has 0 saturated heterocycles. The number of amides is 1. The standard InChI is InChI=1S/C11H17ClN2OS/c1-3-11(2,13)10(15)14-7-6-8-4-5-9(12)16-8/h4-5H,3,6-7,13H2,1-2H3,(H,14,15). The highest BCUT2D eigenvalue weighted by Gasteiger charge is 2.25. The molecule has 0 spiro atoms. The van der Waals surface area contributed by atoms with Gasteiger partial charge in [-0.2, -0.15) is 0 Å². The summed E-state index contributed by atoms with van der Waals surface area (Å²) in [7, 11) is 0. The summed E-state index contributed by atoms with van der Waals surface area (Å²) in [6.07, 6.45) is 1.42. The Balaban J connectivity index is 2.33. The summed E-state index contributed by atoms with van der Waals surface area (Å²) in [5.41, 5.74) is 5.04. The number of carbonyl (C=O) groups is 1. The van der Waals surface area contributed by atoms with Crippen LogP contribution in [0.3, 0.4) is 0 Å². The van der Waals surface area contributed by atoms with Crippen LogP contribution in [0.5, 0.6) is 0 Å². The van der Waals surface area contributed by atoms with Crippen LogP contribution in [0, 0.1) is 0 Å². The van der Waals surface area contributed by atoms with Gasteiger partial charge >= 0.3 is 0 Å². The Hall–Kier alpha value is -0.580. The largest absolute Gasteiger partial charge is 0.354 e. The van der Waals surface area contributed by atoms with Gasteiger partial charge in [-0.1, -0.05) is 18.5 Å². The van der Waals surface area contributed by atoms with Crippen molar-refractivity contribution in [1.29, 1.82) is 0 Å². The van der Waals surface area contributed by atoms with Crippen molar-refractivity contribution >= 4 is 28.8 Å². The average Bonchev–Trinajstić information content (AvgIpc) is 2.64. The summed E-state index contributed by atoms with van der Waals surface area (Å²) in [5.74, 6) is -0.0994. The fourth-order valence-corrected chi connectivity index (χ4v) is 2.23. The maximum Gasteiger partial charge on any atom is 0.239 e. The molecule has 16 heavy (non-hydrogen) atoms. The molecular weight excluding hydrogens is 244 g/mol. The Morgan fingerprint density at radius 2 is 2.31 bits per heavy atom. The zero-order valence-electron chi connectivity index (χ0n) is 9.55. The summed E-state index contributed by atoms with van der Waals surface area (Å²) < 4.78 is 0.776. The van der Waals surface area contributed by atoms with Crippen LogP contribution in [0.1, 0.15) is 25.1 Å². The molecule has 0 bridgehead atoms. The predicted molar refractivity (Wildman–Crippen MR) is 68.9 cm³/mol. The summed E-state index contributed by atoms with van der Waals surface area (Å²) in [6.45, 7) is 4.24. The molecule has 0 aliphatic heterocycles. The third-order valence-electron chi connectivity index (χ3n) is 2.54. The van der Waals surface area contributed by atoms with Gasteiger partial charge < -0.3 is 11.1 Å². The van der Waals surface area contributed by atoms with Crippen LogP contribution in [-0.2, 0) is 11.2 Å². The van der Waals surface area contributed by atoms with Gasteiger partial charge in [0.1, 0.15) is 0 Å². The number of hydrogen-bond acceptors (Lipinski definition) is 3. The van der Waals surface area contributed by atoms with Crippen LogP contribution >= 0.6 is 22.9 Å². The maximum atomic E-state index is 11.6. The molecule has 0 saturated carbocycles. The first-order chi connectivity index (χ1) is 7.45. The molecule has 1 rings (SSSR count). The van der Waals surface area contributed by atoms with E-state index in [1.165, 1.54) is 16.2 Å². The van der Waals surface area contributed by atoms with Gasteiger partial charge in [0.2, 0.25) is 5.91 Å². The fraction of sp³-hybridized carbons (Fsp3) is 0.545. The second kappa shape index (κ2) is 5.66. The topological polar surface area (TPSA) is 55.1 Å². The summed E-state index contributed by atoms with van der Waals surface area (Å²) in [5, 5.41) is 2.83. The molecule has 0 fully saturated rings. The molecular formula is C11H17ClN2OS. The second-order valence-electron chi connectivity index (χ2n) is 3.98. The van der Waals surface area contributed by atoms with Crippen molar-refractivity contribution in [3.05, 3.63) is 21.3 Å². The van der Waals surface area contributed by atoms with Crippen LogP contribution < -0.4 is 11.1 Å². The molecule has 0 aliphatic carbocycles. The van der Waals surface area contributed by atoms with Gasteiger partial charge in [-0.3, -0.25) is 4.79 Å². The summed E-state index contributed by atoms with van der Waals surface area (Å²) >= 11 is 7.34. The molecule has 0 radical (unpaired) electrons. The number of hydrogen-bond donors (Lipinski definition) is 2. The van der Waals surface area contributed by atoms with Crippen LogP contribution in [0.4, 0.5) is 0 Å². The van der Waals surface area contributed by atoms with E-state index in [-0.39, 0.29) is 5.91 Å². The third-order valence-corrected chi connectivity index (χ3v) is 3.83. The number of rotatable bonds is 5. The van der Waals surface area contributed by atoms with Gasteiger partial charge in [-0.25, -0.2) is 0 Å². The van der Waals surface area contributed by atoms with E-state index in [0.717, 1.165) is 10.8 Å². The first kappa shape index (κ1) is 13.5. The molecule has 90 valence electrons. The van der Waals surface area contributed by atoms with Crippen LogP contribution in [0.2, 0.25) is 4.34 Å². The van der Waals surface area contributed by atoms with Crippen LogP contribution in [-0.4, -0.2) is 18.0 Å². The third kappa shape index (κ3) is 3.77. The van der Waals surface area contributed by atoms with Gasteiger partial charge in [0.05, 0.1) is 9.88 Å². The predicted octanol–water partition coefficient (Wildman–Crippen LogP) is 2.19. The molecule has 1 amide bonds. The zero-order chi connectivity index (χ0) is 12.2. The lowest BCUT2D eigenvalue weighted by atomic mass is 9.99. The minimum Gasteiger partial charge on any atom is -0.354 e. The number of carbonyl (C=O) groups excluding carboxylic acids is 1. The maximum absolute atomic E-state index is 11.6. The summed E-state index contributed by atoms with van der Waals surface area (Å²) in [6, 6.07) is 3.84. The minimum absolute atomic E-state index is 0.0994.